The second kappa shape index (κ2) is 5.97. The number of amides is 1. The number of hydrogen-bond acceptors (Lipinski definition) is 3. The molecule has 1 aromatic carbocycles. The molecule has 1 aliphatic rings. The molecule has 0 saturated heterocycles. The zero-order chi connectivity index (χ0) is 14.8. The number of halogens is 2. The molecule has 0 aliphatic heterocycles. The summed E-state index contributed by atoms with van der Waals surface area (Å²) >= 11 is 3.29. The summed E-state index contributed by atoms with van der Waals surface area (Å²) in [5, 5.41) is 2.90. The van der Waals surface area contributed by atoms with Crippen molar-refractivity contribution >= 4 is 21.8 Å². The molecule has 1 saturated carbocycles. The van der Waals surface area contributed by atoms with Gasteiger partial charge in [0.25, 0.3) is 5.91 Å². The smallest absolute Gasteiger partial charge is 0.289 e. The lowest BCUT2D eigenvalue weighted by molar-refractivity contribution is 0.0905. The number of rotatable bonds is 5. The van der Waals surface area contributed by atoms with Gasteiger partial charge in [-0.2, -0.15) is 0 Å². The summed E-state index contributed by atoms with van der Waals surface area (Å²) in [6.07, 6.45) is 5.70. The van der Waals surface area contributed by atoms with Crippen molar-refractivity contribution in [2.45, 2.75) is 25.3 Å². The third kappa shape index (κ3) is 3.69. The Morgan fingerprint density at radius 2 is 2.29 bits per heavy atom. The molecule has 1 amide bonds. The number of hydrogen-bond donors (Lipinski definition) is 1. The van der Waals surface area contributed by atoms with Gasteiger partial charge in [-0.25, -0.2) is 9.37 Å². The Balaban J connectivity index is 1.81. The van der Waals surface area contributed by atoms with Crippen molar-refractivity contribution in [3.63, 3.8) is 0 Å². The summed E-state index contributed by atoms with van der Waals surface area (Å²) in [6.45, 7) is 0. The molecule has 21 heavy (non-hydrogen) atoms. The number of carbonyl (C=O) groups is 1. The van der Waals surface area contributed by atoms with E-state index in [1.54, 1.807) is 0 Å². The van der Waals surface area contributed by atoms with Crippen LogP contribution in [-0.2, 0) is 0 Å². The van der Waals surface area contributed by atoms with Crippen LogP contribution in [0.3, 0.4) is 0 Å². The molecule has 1 atom stereocenters. The Morgan fingerprint density at radius 1 is 1.48 bits per heavy atom. The summed E-state index contributed by atoms with van der Waals surface area (Å²) < 4.78 is 19.2. The summed E-state index contributed by atoms with van der Waals surface area (Å²) in [7, 11) is 0. The summed E-state index contributed by atoms with van der Waals surface area (Å²) in [5.74, 6) is 0.0888. The van der Waals surface area contributed by atoms with Crippen molar-refractivity contribution < 1.29 is 13.6 Å². The van der Waals surface area contributed by atoms with Gasteiger partial charge in [0.2, 0.25) is 5.76 Å². The number of nitrogens with zero attached hydrogens (tertiary/aromatic N) is 1. The molecule has 0 spiro atoms. The molecule has 1 fully saturated rings. The first-order chi connectivity index (χ1) is 10.1. The van der Waals surface area contributed by atoms with E-state index in [-0.39, 0.29) is 23.5 Å². The zero-order valence-electron chi connectivity index (χ0n) is 11.2. The predicted octanol–water partition coefficient (Wildman–Crippen LogP) is 3.85. The molecule has 1 aliphatic carbocycles. The minimum absolute atomic E-state index is 0.159. The molecule has 3 rings (SSSR count). The predicted molar refractivity (Wildman–Crippen MR) is 78.2 cm³/mol. The highest BCUT2D eigenvalue weighted by Gasteiger charge is 2.28. The molecule has 1 aromatic heterocycles. The Kier molecular flexibility index (Phi) is 4.05. The second-order valence-corrected chi connectivity index (χ2v) is 6.19. The average molecular weight is 353 g/mol. The van der Waals surface area contributed by atoms with Crippen LogP contribution in [0.5, 0.6) is 0 Å². The maximum atomic E-state index is 13.6. The van der Waals surface area contributed by atoms with Crippen LogP contribution in [0.15, 0.2) is 39.7 Å². The molecule has 1 heterocycles. The van der Waals surface area contributed by atoms with Gasteiger partial charge < -0.3 is 9.73 Å². The van der Waals surface area contributed by atoms with E-state index >= 15 is 0 Å². The van der Waals surface area contributed by atoms with E-state index in [0.29, 0.717) is 10.4 Å². The fourth-order valence-corrected chi connectivity index (χ4v) is 2.78. The maximum absolute atomic E-state index is 13.6. The first-order valence-corrected chi connectivity index (χ1v) is 7.56. The lowest BCUT2D eigenvalue weighted by atomic mass is 10.0. The number of aromatic nitrogens is 1. The normalized spacial score (nSPS) is 15.7. The van der Waals surface area contributed by atoms with Crippen molar-refractivity contribution in [1.29, 1.82) is 0 Å². The molecular formula is C15H14BrFN2O2. The van der Waals surface area contributed by atoms with E-state index in [1.807, 2.05) is 6.07 Å². The molecule has 0 bridgehead atoms. The first-order valence-electron chi connectivity index (χ1n) is 6.77. The van der Waals surface area contributed by atoms with Crippen LogP contribution in [-0.4, -0.2) is 10.9 Å². The maximum Gasteiger partial charge on any atom is 0.289 e. The van der Waals surface area contributed by atoms with Crippen LogP contribution in [0.2, 0.25) is 0 Å². The van der Waals surface area contributed by atoms with Gasteiger partial charge in [0.05, 0.1) is 12.2 Å². The van der Waals surface area contributed by atoms with Gasteiger partial charge in [0.15, 0.2) is 6.39 Å². The number of oxazole rings is 1. The van der Waals surface area contributed by atoms with Gasteiger partial charge in [-0.15, -0.1) is 0 Å². The van der Waals surface area contributed by atoms with Crippen molar-refractivity contribution in [1.82, 2.24) is 10.3 Å². The van der Waals surface area contributed by atoms with Crippen LogP contribution < -0.4 is 5.32 Å². The van der Waals surface area contributed by atoms with Gasteiger partial charge in [0.1, 0.15) is 5.82 Å². The fourth-order valence-electron chi connectivity index (χ4n) is 2.30. The van der Waals surface area contributed by atoms with Crippen molar-refractivity contribution in [2.75, 3.05) is 0 Å². The van der Waals surface area contributed by atoms with E-state index in [1.165, 1.54) is 24.7 Å². The highest BCUT2D eigenvalue weighted by atomic mass is 79.9. The average Bonchev–Trinajstić information content (AvgIpc) is 3.07. The standard InChI is InChI=1S/C15H14BrFN2O2/c16-11-4-10(5-12(17)6-11)13(3-9-1-2-9)19-15(20)14-7-18-8-21-14/h4-9,13H,1-3H2,(H,19,20). The molecular weight excluding hydrogens is 339 g/mol. The third-order valence-electron chi connectivity index (χ3n) is 3.51. The highest BCUT2D eigenvalue weighted by molar-refractivity contribution is 9.10. The minimum atomic E-state index is -0.335. The SMILES string of the molecule is O=C(NC(CC1CC1)c1cc(F)cc(Br)c1)c1cnco1. The Hall–Kier alpha value is -1.69. The van der Waals surface area contributed by atoms with E-state index in [4.69, 9.17) is 4.42 Å². The third-order valence-corrected chi connectivity index (χ3v) is 3.97. The van der Waals surface area contributed by atoms with Crippen molar-refractivity contribution in [3.8, 4) is 0 Å². The first kappa shape index (κ1) is 14.3. The molecule has 0 radical (unpaired) electrons. The number of benzene rings is 1. The van der Waals surface area contributed by atoms with Crippen molar-refractivity contribution in [2.24, 2.45) is 5.92 Å². The zero-order valence-corrected chi connectivity index (χ0v) is 12.8. The van der Waals surface area contributed by atoms with E-state index in [9.17, 15) is 9.18 Å². The van der Waals surface area contributed by atoms with Crippen LogP contribution in [0, 0.1) is 11.7 Å². The van der Waals surface area contributed by atoms with Crippen LogP contribution >= 0.6 is 15.9 Å². The second-order valence-electron chi connectivity index (χ2n) is 5.27. The Morgan fingerprint density at radius 3 is 2.90 bits per heavy atom. The van der Waals surface area contributed by atoms with Crippen molar-refractivity contribution in [3.05, 3.63) is 52.4 Å². The number of nitrogens with one attached hydrogen (secondary N) is 1. The van der Waals surface area contributed by atoms with Gasteiger partial charge >= 0.3 is 0 Å². The van der Waals surface area contributed by atoms with E-state index in [0.717, 1.165) is 24.8 Å². The number of carbonyl (C=O) groups excluding carboxylic acids is 1. The molecule has 1 unspecified atom stereocenters. The van der Waals surface area contributed by atoms with Crippen LogP contribution in [0.4, 0.5) is 4.39 Å². The lowest BCUT2D eigenvalue weighted by Gasteiger charge is -2.19. The largest absolute Gasteiger partial charge is 0.438 e. The van der Waals surface area contributed by atoms with Gasteiger partial charge in [0, 0.05) is 4.47 Å². The molecule has 1 N–H and O–H groups in total. The lowest BCUT2D eigenvalue weighted by Crippen LogP contribution is -2.28. The summed E-state index contributed by atoms with van der Waals surface area (Å²) in [4.78, 5) is 15.8. The molecule has 110 valence electrons. The Bertz CT molecular complexity index is 621. The monoisotopic (exact) mass is 352 g/mol. The van der Waals surface area contributed by atoms with E-state index < -0.39 is 0 Å². The molecule has 2 aromatic rings. The summed E-state index contributed by atoms with van der Waals surface area (Å²) in [6, 6.07) is 4.45. The van der Waals surface area contributed by atoms with Gasteiger partial charge in [-0.1, -0.05) is 28.8 Å². The van der Waals surface area contributed by atoms with Gasteiger partial charge in [-0.3, -0.25) is 4.79 Å². The quantitative estimate of drug-likeness (QED) is 0.889. The molecule has 6 heteroatoms. The fraction of sp³-hybridized carbons (Fsp3) is 0.333. The minimum Gasteiger partial charge on any atom is -0.438 e. The topological polar surface area (TPSA) is 55.1 Å². The van der Waals surface area contributed by atoms with Gasteiger partial charge in [-0.05, 0) is 36.1 Å². The van der Waals surface area contributed by atoms with E-state index in [2.05, 4.69) is 26.2 Å². The highest BCUT2D eigenvalue weighted by Crippen LogP contribution is 2.38. The molecule has 4 nitrogen and oxygen atoms in total. The van der Waals surface area contributed by atoms with Crippen LogP contribution in [0.1, 0.15) is 41.4 Å². The summed E-state index contributed by atoms with van der Waals surface area (Å²) in [5.41, 5.74) is 0.752. The Labute approximate surface area is 129 Å². The van der Waals surface area contributed by atoms with Crippen LogP contribution in [0.25, 0.3) is 0 Å².